The first-order chi connectivity index (χ1) is 8.45. The second kappa shape index (κ2) is 6.85. The van der Waals surface area contributed by atoms with Crippen LogP contribution in [0.2, 0.25) is 0 Å². The predicted octanol–water partition coefficient (Wildman–Crippen LogP) is 3.45. The van der Waals surface area contributed by atoms with Gasteiger partial charge < -0.3 is 5.11 Å². The SMILES string of the molecule is CCCN(CC(=O)O)C(C)c1cc(Br)ccc1F. The zero-order chi connectivity index (χ0) is 13.7. The molecule has 1 atom stereocenters. The molecule has 0 aliphatic carbocycles. The van der Waals surface area contributed by atoms with Crippen molar-refractivity contribution in [3.05, 3.63) is 34.1 Å². The molecule has 0 aromatic heterocycles. The lowest BCUT2D eigenvalue weighted by Gasteiger charge is -2.27. The first-order valence-corrected chi connectivity index (χ1v) is 6.65. The molecule has 0 spiro atoms. The Labute approximate surface area is 115 Å². The minimum Gasteiger partial charge on any atom is -0.480 e. The van der Waals surface area contributed by atoms with E-state index in [4.69, 9.17) is 5.11 Å². The number of nitrogens with zero attached hydrogens (tertiary/aromatic N) is 1. The minimum absolute atomic E-state index is 0.0824. The number of carboxylic acids is 1. The van der Waals surface area contributed by atoms with Crippen molar-refractivity contribution >= 4 is 21.9 Å². The highest BCUT2D eigenvalue weighted by Crippen LogP contribution is 2.26. The van der Waals surface area contributed by atoms with Crippen molar-refractivity contribution in [2.45, 2.75) is 26.3 Å². The topological polar surface area (TPSA) is 40.5 Å². The van der Waals surface area contributed by atoms with Crippen LogP contribution in [0, 0.1) is 5.82 Å². The van der Waals surface area contributed by atoms with Crippen molar-refractivity contribution < 1.29 is 14.3 Å². The van der Waals surface area contributed by atoms with Gasteiger partial charge in [-0.1, -0.05) is 22.9 Å². The normalized spacial score (nSPS) is 12.7. The van der Waals surface area contributed by atoms with E-state index in [1.807, 2.05) is 13.8 Å². The quantitative estimate of drug-likeness (QED) is 0.873. The average molecular weight is 318 g/mol. The van der Waals surface area contributed by atoms with Crippen molar-refractivity contribution in [2.75, 3.05) is 13.1 Å². The van der Waals surface area contributed by atoms with Crippen LogP contribution < -0.4 is 0 Å². The van der Waals surface area contributed by atoms with Gasteiger partial charge in [0.1, 0.15) is 5.82 Å². The van der Waals surface area contributed by atoms with Crippen LogP contribution in [-0.2, 0) is 4.79 Å². The number of rotatable bonds is 6. The molecule has 18 heavy (non-hydrogen) atoms. The van der Waals surface area contributed by atoms with E-state index in [1.54, 1.807) is 17.0 Å². The van der Waals surface area contributed by atoms with Crippen LogP contribution in [0.4, 0.5) is 4.39 Å². The Hall–Kier alpha value is -0.940. The van der Waals surface area contributed by atoms with E-state index in [-0.39, 0.29) is 18.4 Å². The van der Waals surface area contributed by atoms with Crippen LogP contribution >= 0.6 is 15.9 Å². The van der Waals surface area contributed by atoms with Crippen LogP contribution in [0.5, 0.6) is 0 Å². The molecule has 0 bridgehead atoms. The monoisotopic (exact) mass is 317 g/mol. The average Bonchev–Trinajstić information content (AvgIpc) is 2.30. The Morgan fingerprint density at radius 1 is 1.56 bits per heavy atom. The second-order valence-corrected chi connectivity index (χ2v) is 5.12. The Morgan fingerprint density at radius 2 is 2.22 bits per heavy atom. The number of carbonyl (C=O) groups is 1. The minimum atomic E-state index is -0.897. The van der Waals surface area contributed by atoms with Gasteiger partial charge in [0.2, 0.25) is 0 Å². The van der Waals surface area contributed by atoms with Crippen LogP contribution in [0.1, 0.15) is 31.9 Å². The lowest BCUT2D eigenvalue weighted by Crippen LogP contribution is -2.33. The van der Waals surface area contributed by atoms with Crippen molar-refractivity contribution in [3.8, 4) is 0 Å². The molecule has 1 aromatic rings. The summed E-state index contributed by atoms with van der Waals surface area (Å²) in [6, 6.07) is 4.46. The fraction of sp³-hybridized carbons (Fsp3) is 0.462. The number of benzene rings is 1. The molecule has 1 rings (SSSR count). The molecular weight excluding hydrogens is 301 g/mol. The third kappa shape index (κ3) is 4.07. The number of hydrogen-bond acceptors (Lipinski definition) is 2. The Balaban J connectivity index is 2.96. The highest BCUT2D eigenvalue weighted by Gasteiger charge is 2.20. The summed E-state index contributed by atoms with van der Waals surface area (Å²) in [5, 5.41) is 8.89. The summed E-state index contributed by atoms with van der Waals surface area (Å²) in [6.45, 7) is 4.34. The van der Waals surface area contributed by atoms with E-state index in [1.165, 1.54) is 6.07 Å². The zero-order valence-corrected chi connectivity index (χ0v) is 12.1. The molecule has 5 heteroatoms. The number of hydrogen-bond donors (Lipinski definition) is 1. The number of halogens is 2. The van der Waals surface area contributed by atoms with Gasteiger partial charge in [-0.05, 0) is 38.1 Å². The van der Waals surface area contributed by atoms with Crippen LogP contribution in [0.25, 0.3) is 0 Å². The number of aliphatic carboxylic acids is 1. The van der Waals surface area contributed by atoms with Gasteiger partial charge in [0.15, 0.2) is 0 Å². The molecule has 0 aliphatic rings. The van der Waals surface area contributed by atoms with E-state index in [9.17, 15) is 9.18 Å². The Kier molecular flexibility index (Phi) is 5.75. The van der Waals surface area contributed by atoms with Crippen LogP contribution in [0.15, 0.2) is 22.7 Å². The third-order valence-corrected chi connectivity index (χ3v) is 3.30. The second-order valence-electron chi connectivity index (χ2n) is 4.21. The van der Waals surface area contributed by atoms with E-state index >= 15 is 0 Å². The maximum atomic E-state index is 13.8. The standard InChI is InChI=1S/C13H17BrFNO2/c1-3-6-16(8-13(17)18)9(2)11-7-10(14)4-5-12(11)15/h4-5,7,9H,3,6,8H2,1-2H3,(H,17,18). The third-order valence-electron chi connectivity index (χ3n) is 2.81. The lowest BCUT2D eigenvalue weighted by molar-refractivity contribution is -0.138. The summed E-state index contributed by atoms with van der Waals surface area (Å²) in [6.07, 6.45) is 0.827. The smallest absolute Gasteiger partial charge is 0.317 e. The Bertz CT molecular complexity index is 425. The molecule has 1 unspecified atom stereocenters. The predicted molar refractivity (Wildman–Crippen MR) is 72.0 cm³/mol. The molecule has 3 nitrogen and oxygen atoms in total. The van der Waals surface area contributed by atoms with E-state index in [0.29, 0.717) is 12.1 Å². The van der Waals surface area contributed by atoms with Gasteiger partial charge in [-0.25, -0.2) is 4.39 Å². The molecule has 1 aromatic carbocycles. The molecule has 0 heterocycles. The molecular formula is C13H17BrFNO2. The maximum Gasteiger partial charge on any atom is 0.317 e. The summed E-state index contributed by atoms with van der Waals surface area (Å²) < 4.78 is 14.6. The fourth-order valence-corrected chi connectivity index (χ4v) is 2.28. The molecule has 0 saturated heterocycles. The molecule has 0 amide bonds. The van der Waals surface area contributed by atoms with Gasteiger partial charge in [0.25, 0.3) is 0 Å². The van der Waals surface area contributed by atoms with Crippen molar-refractivity contribution in [3.63, 3.8) is 0 Å². The summed E-state index contributed by atoms with van der Waals surface area (Å²) in [5.41, 5.74) is 0.513. The summed E-state index contributed by atoms with van der Waals surface area (Å²) in [4.78, 5) is 12.6. The van der Waals surface area contributed by atoms with Crippen molar-refractivity contribution in [2.24, 2.45) is 0 Å². The molecule has 1 N–H and O–H groups in total. The van der Waals surface area contributed by atoms with Gasteiger partial charge >= 0.3 is 5.97 Å². The van der Waals surface area contributed by atoms with Crippen molar-refractivity contribution in [1.29, 1.82) is 0 Å². The molecule has 0 saturated carbocycles. The molecule has 0 fully saturated rings. The van der Waals surface area contributed by atoms with Crippen LogP contribution in [-0.4, -0.2) is 29.1 Å². The fourth-order valence-electron chi connectivity index (χ4n) is 1.90. The highest BCUT2D eigenvalue weighted by molar-refractivity contribution is 9.10. The summed E-state index contributed by atoms with van der Waals surface area (Å²) in [5.74, 6) is -1.21. The summed E-state index contributed by atoms with van der Waals surface area (Å²) in [7, 11) is 0. The Morgan fingerprint density at radius 3 is 2.78 bits per heavy atom. The molecule has 0 aliphatic heterocycles. The molecule has 100 valence electrons. The number of carboxylic acid groups (broad SMARTS) is 1. The highest BCUT2D eigenvalue weighted by atomic mass is 79.9. The lowest BCUT2D eigenvalue weighted by atomic mass is 10.1. The van der Waals surface area contributed by atoms with E-state index < -0.39 is 5.97 Å². The van der Waals surface area contributed by atoms with Gasteiger partial charge in [-0.3, -0.25) is 9.69 Å². The van der Waals surface area contributed by atoms with Gasteiger partial charge in [-0.2, -0.15) is 0 Å². The van der Waals surface area contributed by atoms with Gasteiger partial charge in [-0.15, -0.1) is 0 Å². The maximum absolute atomic E-state index is 13.8. The zero-order valence-electron chi connectivity index (χ0n) is 10.5. The van der Waals surface area contributed by atoms with Gasteiger partial charge in [0, 0.05) is 16.1 Å². The largest absolute Gasteiger partial charge is 0.480 e. The molecule has 0 radical (unpaired) electrons. The first-order valence-electron chi connectivity index (χ1n) is 5.86. The van der Waals surface area contributed by atoms with Gasteiger partial charge in [0.05, 0.1) is 6.54 Å². The van der Waals surface area contributed by atoms with E-state index in [0.717, 1.165) is 10.9 Å². The van der Waals surface area contributed by atoms with Crippen molar-refractivity contribution in [1.82, 2.24) is 4.90 Å². The first kappa shape index (κ1) is 15.1. The van der Waals surface area contributed by atoms with E-state index in [2.05, 4.69) is 15.9 Å². The van der Waals surface area contributed by atoms with Crippen LogP contribution in [0.3, 0.4) is 0 Å². The summed E-state index contributed by atoms with van der Waals surface area (Å²) >= 11 is 3.30.